The number of carbonyl (C=O) groups excluding carboxylic acids is 1. The van der Waals surface area contributed by atoms with Crippen molar-refractivity contribution in [2.24, 2.45) is 16.7 Å². The number of hydrogen-bond acceptors (Lipinski definition) is 6. The van der Waals surface area contributed by atoms with Crippen LogP contribution in [0.1, 0.15) is 32.1 Å². The molecule has 1 aromatic heterocycles. The number of halogens is 1. The molecule has 0 spiro atoms. The van der Waals surface area contributed by atoms with Crippen molar-refractivity contribution in [2.45, 2.75) is 32.1 Å². The van der Waals surface area contributed by atoms with Crippen LogP contribution in [-0.2, 0) is 4.79 Å². The summed E-state index contributed by atoms with van der Waals surface area (Å²) in [6.45, 7) is 2.67. The van der Waals surface area contributed by atoms with Crippen molar-refractivity contribution in [1.82, 2.24) is 10.1 Å². The number of anilines is 1. The lowest BCUT2D eigenvalue weighted by atomic mass is 9.69. The molecule has 3 fully saturated rings. The number of amides is 1. The normalized spacial score (nSPS) is 29.7. The summed E-state index contributed by atoms with van der Waals surface area (Å²) in [5.74, 6) is 0.915. The fourth-order valence-electron chi connectivity index (χ4n) is 6.05. The van der Waals surface area contributed by atoms with Gasteiger partial charge < -0.3 is 24.5 Å². The number of benzene rings is 1. The zero-order valence-electron chi connectivity index (χ0n) is 17.0. The molecule has 30 heavy (non-hydrogen) atoms. The maximum atomic E-state index is 13.3. The molecule has 162 valence electrons. The molecular weight excluding hydrogens is 406 g/mol. The van der Waals surface area contributed by atoms with E-state index in [1.54, 1.807) is 6.07 Å². The average molecular weight is 434 g/mol. The largest absolute Gasteiger partial charge is 0.396 e. The van der Waals surface area contributed by atoms with E-state index in [1.165, 1.54) is 0 Å². The van der Waals surface area contributed by atoms with Crippen molar-refractivity contribution in [2.75, 3.05) is 44.3 Å². The van der Waals surface area contributed by atoms with Gasteiger partial charge in [-0.05, 0) is 43.9 Å². The molecule has 1 aliphatic carbocycles. The van der Waals surface area contributed by atoms with Gasteiger partial charge in [0.25, 0.3) is 0 Å². The van der Waals surface area contributed by atoms with E-state index in [0.717, 1.165) is 56.4 Å². The van der Waals surface area contributed by atoms with Crippen LogP contribution in [0.25, 0.3) is 11.0 Å². The average Bonchev–Trinajstić information content (AvgIpc) is 3.42. The maximum absolute atomic E-state index is 13.3. The number of nitrogens with zero attached hydrogens (tertiary/aromatic N) is 3. The first-order chi connectivity index (χ1) is 14.5. The first-order valence-electron chi connectivity index (χ1n) is 10.8. The Labute approximate surface area is 180 Å². The van der Waals surface area contributed by atoms with Crippen LogP contribution in [0.5, 0.6) is 0 Å². The molecule has 0 radical (unpaired) electrons. The lowest BCUT2D eigenvalue weighted by Gasteiger charge is -2.36. The van der Waals surface area contributed by atoms with Crippen LogP contribution in [-0.4, -0.2) is 65.6 Å². The van der Waals surface area contributed by atoms with Gasteiger partial charge in [0.2, 0.25) is 5.91 Å². The third-order valence-electron chi connectivity index (χ3n) is 7.90. The van der Waals surface area contributed by atoms with Crippen molar-refractivity contribution in [3.8, 4) is 0 Å². The monoisotopic (exact) mass is 433 g/mol. The van der Waals surface area contributed by atoms with Crippen molar-refractivity contribution >= 4 is 34.3 Å². The van der Waals surface area contributed by atoms with E-state index in [9.17, 15) is 15.0 Å². The minimum Gasteiger partial charge on any atom is -0.396 e. The van der Waals surface area contributed by atoms with E-state index in [1.807, 2.05) is 17.0 Å². The zero-order chi connectivity index (χ0) is 20.9. The van der Waals surface area contributed by atoms with Crippen LogP contribution in [0.3, 0.4) is 0 Å². The first kappa shape index (κ1) is 20.1. The fraction of sp³-hybridized carbons (Fsp3) is 0.636. The van der Waals surface area contributed by atoms with Crippen LogP contribution < -0.4 is 4.90 Å². The second-order valence-corrected chi connectivity index (χ2v) is 9.77. The Hall–Kier alpha value is -1.83. The molecule has 2 N–H and O–H groups in total. The number of aliphatic hydroxyl groups excluding tert-OH is 2. The summed E-state index contributed by atoms with van der Waals surface area (Å²) in [4.78, 5) is 17.4. The third-order valence-corrected chi connectivity index (χ3v) is 8.13. The molecule has 2 aromatic rings. The second kappa shape index (κ2) is 7.39. The van der Waals surface area contributed by atoms with E-state index >= 15 is 0 Å². The highest BCUT2D eigenvalue weighted by Gasteiger charge is 2.60. The van der Waals surface area contributed by atoms with Gasteiger partial charge in [0.1, 0.15) is 0 Å². The van der Waals surface area contributed by atoms with E-state index in [-0.39, 0.29) is 35.9 Å². The Balaban J connectivity index is 1.27. The summed E-state index contributed by atoms with van der Waals surface area (Å²) in [6, 6.07) is 5.47. The van der Waals surface area contributed by atoms with Gasteiger partial charge in [0.15, 0.2) is 11.4 Å². The lowest BCUT2D eigenvalue weighted by Crippen LogP contribution is -2.43. The molecule has 3 heterocycles. The molecule has 1 saturated carbocycles. The van der Waals surface area contributed by atoms with Crippen LogP contribution in [0, 0.1) is 16.7 Å². The van der Waals surface area contributed by atoms with E-state index in [2.05, 4.69) is 10.1 Å². The molecule has 1 aromatic carbocycles. The summed E-state index contributed by atoms with van der Waals surface area (Å²) < 4.78 is 5.43. The molecule has 2 saturated heterocycles. The van der Waals surface area contributed by atoms with Crippen molar-refractivity contribution in [3.05, 3.63) is 23.2 Å². The summed E-state index contributed by atoms with van der Waals surface area (Å²) in [5, 5.41) is 26.0. The number of rotatable bonds is 4. The predicted octanol–water partition coefficient (Wildman–Crippen LogP) is 2.68. The van der Waals surface area contributed by atoms with Gasteiger partial charge in [-0.25, -0.2) is 0 Å². The molecular formula is C22H28ClN3O4. The van der Waals surface area contributed by atoms with E-state index < -0.39 is 0 Å². The van der Waals surface area contributed by atoms with E-state index in [0.29, 0.717) is 23.7 Å². The Morgan fingerprint density at radius 2 is 1.83 bits per heavy atom. The first-order valence-corrected chi connectivity index (χ1v) is 11.2. The molecule has 5 rings (SSSR count). The van der Waals surface area contributed by atoms with Gasteiger partial charge >= 0.3 is 0 Å². The SMILES string of the molecule is O=C(C1CCN(c2noc3ccc(Cl)cc23)CC1)N1C[C@]2(CO)CCC[C@]2(CO)C1. The number of piperidine rings is 1. The smallest absolute Gasteiger partial charge is 0.225 e. The van der Waals surface area contributed by atoms with Crippen LogP contribution >= 0.6 is 11.6 Å². The Bertz CT molecular complexity index is 937. The fourth-order valence-corrected chi connectivity index (χ4v) is 6.22. The Morgan fingerprint density at radius 1 is 1.17 bits per heavy atom. The quantitative estimate of drug-likeness (QED) is 0.770. The second-order valence-electron chi connectivity index (χ2n) is 9.33. The van der Waals surface area contributed by atoms with E-state index in [4.69, 9.17) is 16.1 Å². The zero-order valence-corrected chi connectivity index (χ0v) is 17.8. The van der Waals surface area contributed by atoms with Gasteiger partial charge in [-0.15, -0.1) is 0 Å². The highest BCUT2D eigenvalue weighted by molar-refractivity contribution is 6.31. The minimum absolute atomic E-state index is 0.0340. The Kier molecular flexibility index (Phi) is 4.95. The van der Waals surface area contributed by atoms with Crippen LogP contribution in [0.15, 0.2) is 22.7 Å². The van der Waals surface area contributed by atoms with Crippen LogP contribution in [0.2, 0.25) is 5.02 Å². The van der Waals surface area contributed by atoms with Crippen molar-refractivity contribution < 1.29 is 19.5 Å². The topological polar surface area (TPSA) is 90.0 Å². The lowest BCUT2D eigenvalue weighted by molar-refractivity contribution is -0.136. The predicted molar refractivity (Wildman–Crippen MR) is 113 cm³/mol. The highest BCUT2D eigenvalue weighted by atomic mass is 35.5. The molecule has 2 atom stereocenters. The third kappa shape index (κ3) is 2.93. The summed E-state index contributed by atoms with van der Waals surface area (Å²) in [5.41, 5.74) is 0.0356. The molecule has 7 nitrogen and oxygen atoms in total. The van der Waals surface area contributed by atoms with Gasteiger partial charge in [-0.2, -0.15) is 0 Å². The number of hydrogen-bond donors (Lipinski definition) is 2. The Morgan fingerprint density at radius 3 is 2.47 bits per heavy atom. The highest BCUT2D eigenvalue weighted by Crippen LogP contribution is 2.57. The molecule has 0 unspecified atom stereocenters. The number of aliphatic hydroxyl groups is 2. The standard InChI is InChI=1S/C22H28ClN3O4/c23-16-2-3-18-17(10-16)19(24-30-18)25-8-4-15(5-9-25)20(29)26-11-21(13-27)6-1-7-22(21,12-26)14-28/h2-3,10,15,27-28H,1,4-9,11-14H2/t21-,22+. The molecule has 3 aliphatic rings. The molecule has 1 amide bonds. The van der Waals surface area contributed by atoms with Crippen molar-refractivity contribution in [3.63, 3.8) is 0 Å². The number of carbonyl (C=O) groups is 1. The van der Waals surface area contributed by atoms with Gasteiger partial charge in [-0.3, -0.25) is 4.79 Å². The van der Waals surface area contributed by atoms with Gasteiger partial charge in [0.05, 0.1) is 18.6 Å². The van der Waals surface area contributed by atoms with Gasteiger partial charge in [-0.1, -0.05) is 23.2 Å². The molecule has 2 aliphatic heterocycles. The molecule has 8 heteroatoms. The molecule has 0 bridgehead atoms. The number of fused-ring (bicyclic) bond motifs is 2. The summed E-state index contributed by atoms with van der Waals surface area (Å²) >= 11 is 6.14. The number of likely N-dealkylation sites (tertiary alicyclic amines) is 1. The van der Waals surface area contributed by atoms with Crippen molar-refractivity contribution in [1.29, 1.82) is 0 Å². The number of aromatic nitrogens is 1. The van der Waals surface area contributed by atoms with Gasteiger partial charge in [0, 0.05) is 47.9 Å². The van der Waals surface area contributed by atoms with Crippen LogP contribution in [0.4, 0.5) is 5.82 Å². The summed E-state index contributed by atoms with van der Waals surface area (Å²) in [6.07, 6.45) is 4.28. The minimum atomic E-state index is -0.336. The summed E-state index contributed by atoms with van der Waals surface area (Å²) in [7, 11) is 0. The maximum Gasteiger partial charge on any atom is 0.225 e.